The van der Waals surface area contributed by atoms with E-state index in [-0.39, 0.29) is 5.75 Å². The lowest BCUT2D eigenvalue weighted by atomic mass is 10.2. The second-order valence-electron chi connectivity index (χ2n) is 3.04. The fourth-order valence-corrected chi connectivity index (χ4v) is 1.47. The van der Waals surface area contributed by atoms with Crippen molar-refractivity contribution in [3.8, 4) is 5.75 Å². The van der Waals surface area contributed by atoms with E-state index in [1.54, 1.807) is 6.07 Å². The first-order valence-electron chi connectivity index (χ1n) is 4.17. The van der Waals surface area contributed by atoms with Crippen LogP contribution in [0.4, 0.5) is 18.9 Å². The van der Waals surface area contributed by atoms with E-state index < -0.39 is 6.36 Å². The Labute approximate surface area is 78.7 Å². The van der Waals surface area contributed by atoms with Gasteiger partial charge in [-0.1, -0.05) is 6.07 Å². The summed E-state index contributed by atoms with van der Waals surface area (Å²) in [5.41, 5.74) is 1.76. The molecule has 1 aliphatic rings. The van der Waals surface area contributed by atoms with Crippen LogP contribution in [0.25, 0.3) is 0 Å². The van der Waals surface area contributed by atoms with Crippen molar-refractivity contribution < 1.29 is 17.9 Å². The van der Waals surface area contributed by atoms with Crippen molar-refractivity contribution in [1.82, 2.24) is 0 Å². The molecular formula is C9H8F3NO. The van der Waals surface area contributed by atoms with Crippen molar-refractivity contribution >= 4 is 5.69 Å². The van der Waals surface area contributed by atoms with Crippen molar-refractivity contribution in [3.05, 3.63) is 23.8 Å². The number of hydrogen-bond acceptors (Lipinski definition) is 2. The molecule has 2 rings (SSSR count). The first-order chi connectivity index (χ1) is 6.54. The minimum Gasteiger partial charge on any atom is -0.406 e. The molecular weight excluding hydrogens is 195 g/mol. The minimum atomic E-state index is -4.62. The first kappa shape index (κ1) is 9.18. The molecule has 0 aliphatic carbocycles. The summed E-state index contributed by atoms with van der Waals surface area (Å²) in [6.07, 6.45) is -3.77. The van der Waals surface area contributed by atoms with Gasteiger partial charge in [0, 0.05) is 18.3 Å². The molecule has 5 heteroatoms. The largest absolute Gasteiger partial charge is 0.573 e. The van der Waals surface area contributed by atoms with Crippen LogP contribution >= 0.6 is 0 Å². The van der Waals surface area contributed by atoms with Gasteiger partial charge in [-0.15, -0.1) is 13.2 Å². The van der Waals surface area contributed by atoms with Gasteiger partial charge in [0.2, 0.25) is 0 Å². The smallest absolute Gasteiger partial charge is 0.406 e. The van der Waals surface area contributed by atoms with Crippen LogP contribution in [-0.4, -0.2) is 12.9 Å². The topological polar surface area (TPSA) is 21.3 Å². The number of anilines is 1. The van der Waals surface area contributed by atoms with Gasteiger partial charge in [-0.2, -0.15) is 0 Å². The minimum absolute atomic E-state index is 0.175. The zero-order chi connectivity index (χ0) is 10.2. The molecule has 0 radical (unpaired) electrons. The summed E-state index contributed by atoms with van der Waals surface area (Å²) in [7, 11) is 0. The standard InChI is InChI=1S/C9H8F3NO/c10-9(11,12)14-7-2-1-6-3-4-13-8(6)5-7/h1-2,5,13H,3-4H2. The third-order valence-corrected chi connectivity index (χ3v) is 2.02. The average Bonchev–Trinajstić information content (AvgIpc) is 2.47. The van der Waals surface area contributed by atoms with E-state index in [2.05, 4.69) is 10.1 Å². The summed E-state index contributed by atoms with van der Waals surface area (Å²) in [4.78, 5) is 0. The van der Waals surface area contributed by atoms with Gasteiger partial charge in [0.1, 0.15) is 5.75 Å². The molecule has 0 fully saturated rings. The van der Waals surface area contributed by atoms with E-state index in [0.717, 1.165) is 24.2 Å². The summed E-state index contributed by atoms with van der Waals surface area (Å²) in [5, 5.41) is 2.98. The van der Waals surface area contributed by atoms with E-state index in [9.17, 15) is 13.2 Å². The molecule has 0 saturated carbocycles. The lowest BCUT2D eigenvalue weighted by molar-refractivity contribution is -0.274. The number of benzene rings is 1. The van der Waals surface area contributed by atoms with Gasteiger partial charge in [-0.05, 0) is 18.1 Å². The first-order valence-corrected chi connectivity index (χ1v) is 4.17. The van der Waals surface area contributed by atoms with E-state index in [0.29, 0.717) is 0 Å². The third-order valence-electron chi connectivity index (χ3n) is 2.02. The molecule has 1 N–H and O–H groups in total. The Morgan fingerprint density at radius 1 is 1.29 bits per heavy atom. The van der Waals surface area contributed by atoms with Crippen molar-refractivity contribution in [1.29, 1.82) is 0 Å². The maximum Gasteiger partial charge on any atom is 0.573 e. The molecule has 1 aromatic carbocycles. The van der Waals surface area contributed by atoms with Gasteiger partial charge in [-0.25, -0.2) is 0 Å². The normalized spacial score (nSPS) is 14.8. The molecule has 1 aromatic rings. The molecule has 0 bridgehead atoms. The van der Waals surface area contributed by atoms with Crippen LogP contribution in [0.3, 0.4) is 0 Å². The number of rotatable bonds is 1. The van der Waals surface area contributed by atoms with Gasteiger partial charge in [0.05, 0.1) is 0 Å². The molecule has 14 heavy (non-hydrogen) atoms. The second kappa shape index (κ2) is 3.08. The molecule has 76 valence electrons. The van der Waals surface area contributed by atoms with Crippen LogP contribution in [-0.2, 0) is 6.42 Å². The Kier molecular flexibility index (Phi) is 2.02. The molecule has 0 atom stereocenters. The highest BCUT2D eigenvalue weighted by atomic mass is 19.4. The highest BCUT2D eigenvalue weighted by molar-refractivity contribution is 5.58. The zero-order valence-corrected chi connectivity index (χ0v) is 7.19. The third kappa shape index (κ3) is 1.92. The molecule has 0 unspecified atom stereocenters. The Balaban J connectivity index is 2.21. The second-order valence-corrected chi connectivity index (χ2v) is 3.04. The highest BCUT2D eigenvalue weighted by Crippen LogP contribution is 2.30. The Hall–Kier alpha value is -1.39. The average molecular weight is 203 g/mol. The van der Waals surface area contributed by atoms with Gasteiger partial charge in [0.25, 0.3) is 0 Å². The van der Waals surface area contributed by atoms with Crippen LogP contribution in [0.5, 0.6) is 5.75 Å². The lowest BCUT2D eigenvalue weighted by Gasteiger charge is -2.09. The summed E-state index contributed by atoms with van der Waals surface area (Å²) < 4.78 is 39.3. The number of fused-ring (bicyclic) bond motifs is 1. The summed E-state index contributed by atoms with van der Waals surface area (Å²) >= 11 is 0. The summed E-state index contributed by atoms with van der Waals surface area (Å²) in [5.74, 6) is -0.175. The van der Waals surface area contributed by atoms with Crippen LogP contribution in [0.1, 0.15) is 5.56 Å². The lowest BCUT2D eigenvalue weighted by Crippen LogP contribution is -2.17. The van der Waals surface area contributed by atoms with Crippen LogP contribution < -0.4 is 10.1 Å². The number of alkyl halides is 3. The number of halogens is 3. The predicted octanol–water partition coefficient (Wildman–Crippen LogP) is 2.55. The van der Waals surface area contributed by atoms with Gasteiger partial charge in [0.15, 0.2) is 0 Å². The fourth-order valence-electron chi connectivity index (χ4n) is 1.47. The summed E-state index contributed by atoms with van der Waals surface area (Å²) in [6.45, 7) is 0.769. The number of nitrogens with one attached hydrogen (secondary N) is 1. The fraction of sp³-hybridized carbons (Fsp3) is 0.333. The quantitative estimate of drug-likeness (QED) is 0.757. The van der Waals surface area contributed by atoms with Crippen molar-refractivity contribution in [2.75, 3.05) is 11.9 Å². The molecule has 1 heterocycles. The van der Waals surface area contributed by atoms with Crippen LogP contribution in [0, 0.1) is 0 Å². The van der Waals surface area contributed by atoms with Crippen LogP contribution in [0.2, 0.25) is 0 Å². The SMILES string of the molecule is FC(F)(F)Oc1ccc2c(c1)NCC2. The molecule has 2 nitrogen and oxygen atoms in total. The maximum absolute atomic E-state index is 11.9. The van der Waals surface area contributed by atoms with Crippen LogP contribution in [0.15, 0.2) is 18.2 Å². The van der Waals surface area contributed by atoms with E-state index >= 15 is 0 Å². The Morgan fingerprint density at radius 3 is 2.79 bits per heavy atom. The van der Waals surface area contributed by atoms with Gasteiger partial charge < -0.3 is 10.1 Å². The maximum atomic E-state index is 11.9. The molecule has 1 aliphatic heterocycles. The number of hydrogen-bond donors (Lipinski definition) is 1. The Bertz CT molecular complexity index is 348. The number of ether oxygens (including phenoxy) is 1. The molecule has 0 saturated heterocycles. The van der Waals surface area contributed by atoms with E-state index in [1.807, 2.05) is 0 Å². The highest BCUT2D eigenvalue weighted by Gasteiger charge is 2.31. The van der Waals surface area contributed by atoms with E-state index in [4.69, 9.17) is 0 Å². The van der Waals surface area contributed by atoms with Gasteiger partial charge >= 0.3 is 6.36 Å². The molecule has 0 amide bonds. The van der Waals surface area contributed by atoms with Gasteiger partial charge in [-0.3, -0.25) is 0 Å². The Morgan fingerprint density at radius 2 is 2.07 bits per heavy atom. The molecule has 0 spiro atoms. The predicted molar refractivity (Wildman–Crippen MR) is 45.3 cm³/mol. The van der Waals surface area contributed by atoms with Crippen molar-refractivity contribution in [2.45, 2.75) is 12.8 Å². The summed E-state index contributed by atoms with van der Waals surface area (Å²) in [6, 6.07) is 4.35. The van der Waals surface area contributed by atoms with Crippen molar-refractivity contribution in [3.63, 3.8) is 0 Å². The molecule has 0 aromatic heterocycles. The van der Waals surface area contributed by atoms with E-state index in [1.165, 1.54) is 12.1 Å². The zero-order valence-electron chi connectivity index (χ0n) is 7.19. The van der Waals surface area contributed by atoms with Crippen molar-refractivity contribution in [2.24, 2.45) is 0 Å². The monoisotopic (exact) mass is 203 g/mol.